The monoisotopic (exact) mass is 393 g/mol. The average Bonchev–Trinajstić information content (AvgIpc) is 2.64. The molecule has 1 aromatic carbocycles. The molecule has 0 fully saturated rings. The summed E-state index contributed by atoms with van der Waals surface area (Å²) in [6, 6.07) is 5.60. The Morgan fingerprint density at radius 3 is 2.11 bits per heavy atom. The van der Waals surface area contributed by atoms with Crippen molar-refractivity contribution >= 4 is 5.70 Å². The first-order chi connectivity index (χ1) is 13.1. The van der Waals surface area contributed by atoms with Gasteiger partial charge in [-0.1, -0.05) is 71.7 Å². The van der Waals surface area contributed by atoms with Gasteiger partial charge >= 0.3 is 6.18 Å². The zero-order valence-corrected chi connectivity index (χ0v) is 18.3. The van der Waals surface area contributed by atoms with Gasteiger partial charge in [-0.15, -0.1) is 5.92 Å². The summed E-state index contributed by atoms with van der Waals surface area (Å²) >= 11 is 0. The maximum Gasteiger partial charge on any atom is 0.415 e. The average molecular weight is 394 g/mol. The van der Waals surface area contributed by atoms with Crippen molar-refractivity contribution in [2.45, 2.75) is 67.5 Å². The Hall–Kier alpha value is -2.41. The lowest BCUT2D eigenvalue weighted by molar-refractivity contribution is -0.0879. The van der Waals surface area contributed by atoms with Crippen LogP contribution >= 0.6 is 0 Å². The molecule has 0 aromatic heterocycles. The van der Waals surface area contributed by atoms with Gasteiger partial charge in [0.25, 0.3) is 0 Å². The molecule has 0 heterocycles. The summed E-state index contributed by atoms with van der Waals surface area (Å²) in [6.07, 6.45) is -0.843. The number of nitrogens with one attached hydrogen (secondary N) is 1. The highest BCUT2D eigenvalue weighted by molar-refractivity contribution is 5.65. The molecule has 0 spiro atoms. The first kappa shape index (κ1) is 27.8. The van der Waals surface area contributed by atoms with E-state index in [-0.39, 0.29) is 0 Å². The second-order valence-electron chi connectivity index (χ2n) is 5.86. The number of allylic oxidation sites excluding steroid dienone is 3. The van der Waals surface area contributed by atoms with Crippen LogP contribution < -0.4 is 5.32 Å². The summed E-state index contributed by atoms with van der Waals surface area (Å²) in [6.45, 7) is 20.4. The Labute approximate surface area is 169 Å². The van der Waals surface area contributed by atoms with Gasteiger partial charge in [-0.2, -0.15) is 13.2 Å². The van der Waals surface area contributed by atoms with Gasteiger partial charge in [0.15, 0.2) is 0 Å². The van der Waals surface area contributed by atoms with Crippen LogP contribution in [0.25, 0.3) is 5.70 Å². The van der Waals surface area contributed by atoms with Crippen LogP contribution in [0.5, 0.6) is 0 Å². The van der Waals surface area contributed by atoms with E-state index in [9.17, 15) is 13.2 Å². The third-order valence-electron chi connectivity index (χ3n) is 3.45. The molecule has 0 aliphatic rings. The van der Waals surface area contributed by atoms with Gasteiger partial charge in [0.05, 0.1) is 5.57 Å². The molecule has 0 saturated carbocycles. The molecule has 28 heavy (non-hydrogen) atoms. The minimum absolute atomic E-state index is 0.316. The molecule has 1 N–H and O–H groups in total. The second kappa shape index (κ2) is 14.6. The number of alkyl halides is 3. The topological polar surface area (TPSA) is 12.0 Å². The van der Waals surface area contributed by atoms with Crippen molar-refractivity contribution in [2.75, 3.05) is 0 Å². The number of benzene rings is 1. The van der Waals surface area contributed by atoms with Crippen molar-refractivity contribution in [1.29, 1.82) is 0 Å². The van der Waals surface area contributed by atoms with E-state index >= 15 is 0 Å². The van der Waals surface area contributed by atoms with E-state index in [0.29, 0.717) is 11.4 Å². The van der Waals surface area contributed by atoms with E-state index in [1.54, 1.807) is 6.92 Å². The zero-order chi connectivity index (χ0) is 22.3. The molecule has 0 aliphatic heterocycles. The second-order valence-corrected chi connectivity index (χ2v) is 5.86. The summed E-state index contributed by atoms with van der Waals surface area (Å²) in [5, 5.41) is 2.85. The van der Waals surface area contributed by atoms with E-state index in [1.165, 1.54) is 19.8 Å². The number of hydrogen-bond acceptors (Lipinski definition) is 1. The SMILES string of the molecule is C=C(N/C(C)=C/C(=C)C(F)(F)F)c1ccc(C)c(C#CC)c1.CC.CCCC. The van der Waals surface area contributed by atoms with Crippen molar-refractivity contribution in [1.82, 2.24) is 5.32 Å². The van der Waals surface area contributed by atoms with Gasteiger partial charge < -0.3 is 5.32 Å². The van der Waals surface area contributed by atoms with Crippen LogP contribution in [0, 0.1) is 18.8 Å². The molecule has 0 saturated heterocycles. The highest BCUT2D eigenvalue weighted by Crippen LogP contribution is 2.25. The maximum absolute atomic E-state index is 12.4. The maximum atomic E-state index is 12.4. The van der Waals surface area contributed by atoms with Crippen LogP contribution in [-0.4, -0.2) is 6.18 Å². The predicted molar refractivity (Wildman–Crippen MR) is 117 cm³/mol. The summed E-state index contributed by atoms with van der Waals surface area (Å²) in [5.74, 6) is 5.81. The molecule has 1 nitrogen and oxygen atoms in total. The predicted octanol–water partition coefficient (Wildman–Crippen LogP) is 7.78. The molecule has 4 heteroatoms. The van der Waals surface area contributed by atoms with E-state index in [4.69, 9.17) is 0 Å². The van der Waals surface area contributed by atoms with E-state index < -0.39 is 11.7 Å². The summed E-state index contributed by atoms with van der Waals surface area (Å²) in [5.41, 5.74) is 2.58. The highest BCUT2D eigenvalue weighted by atomic mass is 19.4. The molecule has 0 bridgehead atoms. The summed E-state index contributed by atoms with van der Waals surface area (Å²) in [4.78, 5) is 0. The molecule has 0 aliphatic carbocycles. The van der Waals surface area contributed by atoms with Crippen LogP contribution in [0.15, 0.2) is 48.7 Å². The number of halogens is 3. The molecule has 156 valence electrons. The molecule has 0 radical (unpaired) electrons. The van der Waals surface area contributed by atoms with Crippen LogP contribution in [0.3, 0.4) is 0 Å². The van der Waals surface area contributed by atoms with E-state index in [0.717, 1.165) is 22.8 Å². The lowest BCUT2D eigenvalue weighted by Gasteiger charge is -2.13. The van der Waals surface area contributed by atoms with E-state index in [1.807, 2.05) is 39.0 Å². The van der Waals surface area contributed by atoms with Crippen molar-refractivity contribution in [3.05, 3.63) is 65.4 Å². The minimum Gasteiger partial charge on any atom is -0.359 e. The Balaban J connectivity index is 0. The number of rotatable bonds is 5. The fraction of sp³-hybridized carbons (Fsp3) is 0.417. The Bertz CT molecular complexity index is 712. The molecule has 1 aromatic rings. The Morgan fingerprint density at radius 1 is 1.14 bits per heavy atom. The van der Waals surface area contributed by atoms with Crippen LogP contribution in [-0.2, 0) is 0 Å². The lowest BCUT2D eigenvalue weighted by Crippen LogP contribution is -2.13. The zero-order valence-electron chi connectivity index (χ0n) is 18.3. The first-order valence-corrected chi connectivity index (χ1v) is 9.50. The van der Waals surface area contributed by atoms with E-state index in [2.05, 4.69) is 44.2 Å². The molecule has 1 rings (SSSR count). The van der Waals surface area contributed by atoms with Gasteiger partial charge in [-0.25, -0.2) is 0 Å². The molecule has 0 unspecified atom stereocenters. The standard InChI is InChI=1S/C18H18F3N.C4H10.C2H6/c1-6-7-16-11-17(9-8-12(16)2)15(5)22-14(4)10-13(3)18(19,20)21;1-3-4-2;1-2/h8-11,22H,3,5H2,1-2,4H3;3-4H2,1-2H3;1-2H3/b14-10+;;. The largest absolute Gasteiger partial charge is 0.415 e. The molecule has 0 amide bonds. The van der Waals surface area contributed by atoms with Gasteiger partial charge in [0, 0.05) is 17.0 Å². The van der Waals surface area contributed by atoms with Crippen molar-refractivity contribution in [2.24, 2.45) is 0 Å². The highest BCUT2D eigenvalue weighted by Gasteiger charge is 2.30. The summed E-state index contributed by atoms with van der Waals surface area (Å²) < 4.78 is 37.3. The number of unbranched alkanes of at least 4 members (excludes halogenated alkanes) is 1. The fourth-order valence-electron chi connectivity index (χ4n) is 1.77. The number of aryl methyl sites for hydroxylation is 1. The fourth-order valence-corrected chi connectivity index (χ4v) is 1.77. The summed E-state index contributed by atoms with van der Waals surface area (Å²) in [7, 11) is 0. The Morgan fingerprint density at radius 2 is 1.68 bits per heavy atom. The normalized spacial score (nSPS) is 10.3. The quantitative estimate of drug-likeness (QED) is 0.398. The third kappa shape index (κ3) is 11.3. The smallest absolute Gasteiger partial charge is 0.359 e. The van der Waals surface area contributed by atoms with Gasteiger partial charge in [-0.05, 0) is 44.0 Å². The Kier molecular flexibility index (Phi) is 14.5. The number of hydrogen-bond donors (Lipinski definition) is 1. The third-order valence-corrected chi connectivity index (χ3v) is 3.45. The molecular weight excluding hydrogens is 359 g/mol. The van der Waals surface area contributed by atoms with Crippen LogP contribution in [0.1, 0.15) is 71.1 Å². The molecule has 0 atom stereocenters. The van der Waals surface area contributed by atoms with Crippen molar-refractivity contribution < 1.29 is 13.2 Å². The van der Waals surface area contributed by atoms with Crippen molar-refractivity contribution in [3.8, 4) is 11.8 Å². The van der Waals surface area contributed by atoms with Crippen LogP contribution in [0.2, 0.25) is 0 Å². The van der Waals surface area contributed by atoms with Gasteiger partial charge in [-0.3, -0.25) is 0 Å². The van der Waals surface area contributed by atoms with Crippen LogP contribution in [0.4, 0.5) is 13.2 Å². The van der Waals surface area contributed by atoms with Crippen molar-refractivity contribution in [3.63, 3.8) is 0 Å². The van der Waals surface area contributed by atoms with Gasteiger partial charge in [0.1, 0.15) is 0 Å². The minimum atomic E-state index is -4.43. The molecular formula is C24H34F3N. The lowest BCUT2D eigenvalue weighted by atomic mass is 10.0. The first-order valence-electron chi connectivity index (χ1n) is 9.50. The van der Waals surface area contributed by atoms with Gasteiger partial charge in [0.2, 0.25) is 0 Å².